The van der Waals surface area contributed by atoms with Crippen LogP contribution in [0.2, 0.25) is 5.02 Å². The molecule has 2 rings (SSSR count). The SMILES string of the molecule is Cc1cc(N)c(Cl)cc1OCC1CCCCN1C. The minimum absolute atomic E-state index is 0.509. The van der Waals surface area contributed by atoms with Crippen LogP contribution < -0.4 is 10.5 Å². The molecule has 1 saturated heterocycles. The molecule has 0 radical (unpaired) electrons. The van der Waals surface area contributed by atoms with E-state index in [2.05, 4.69) is 11.9 Å². The maximum atomic E-state index is 6.02. The molecular weight excluding hydrogens is 248 g/mol. The Hall–Kier alpha value is -0.930. The second kappa shape index (κ2) is 5.81. The number of ether oxygens (including phenoxy) is 1. The van der Waals surface area contributed by atoms with Crippen molar-refractivity contribution in [2.24, 2.45) is 0 Å². The Morgan fingerprint density at radius 1 is 1.44 bits per heavy atom. The van der Waals surface area contributed by atoms with Gasteiger partial charge in [-0.2, -0.15) is 0 Å². The summed E-state index contributed by atoms with van der Waals surface area (Å²) < 4.78 is 5.90. The van der Waals surface area contributed by atoms with Gasteiger partial charge in [-0.25, -0.2) is 0 Å². The van der Waals surface area contributed by atoms with Crippen LogP contribution in [0.1, 0.15) is 24.8 Å². The number of nitrogens with zero attached hydrogens (tertiary/aromatic N) is 1. The number of aryl methyl sites for hydroxylation is 1. The maximum Gasteiger partial charge on any atom is 0.123 e. The fourth-order valence-electron chi connectivity index (χ4n) is 2.38. The molecule has 4 heteroatoms. The summed E-state index contributed by atoms with van der Waals surface area (Å²) in [5.41, 5.74) is 7.40. The van der Waals surface area contributed by atoms with Gasteiger partial charge in [0.25, 0.3) is 0 Å². The molecule has 1 heterocycles. The molecule has 1 atom stereocenters. The summed E-state index contributed by atoms with van der Waals surface area (Å²) in [6.45, 7) is 3.87. The van der Waals surface area contributed by atoms with E-state index in [0.29, 0.717) is 16.8 Å². The largest absolute Gasteiger partial charge is 0.492 e. The number of nitrogens with two attached hydrogens (primary N) is 1. The van der Waals surface area contributed by atoms with Gasteiger partial charge < -0.3 is 15.4 Å². The van der Waals surface area contributed by atoms with Gasteiger partial charge in [0.05, 0.1) is 10.7 Å². The Kier molecular flexibility index (Phi) is 4.36. The maximum absolute atomic E-state index is 6.02. The first-order valence-electron chi connectivity index (χ1n) is 6.46. The molecule has 0 aromatic heterocycles. The third-order valence-corrected chi connectivity index (χ3v) is 3.97. The summed E-state index contributed by atoms with van der Waals surface area (Å²) in [6, 6.07) is 4.19. The van der Waals surface area contributed by atoms with Crippen LogP contribution in [0.3, 0.4) is 0 Å². The molecule has 1 unspecified atom stereocenters. The summed E-state index contributed by atoms with van der Waals surface area (Å²) >= 11 is 6.02. The zero-order chi connectivity index (χ0) is 13.1. The first-order valence-corrected chi connectivity index (χ1v) is 6.84. The van der Waals surface area contributed by atoms with Crippen molar-refractivity contribution >= 4 is 17.3 Å². The number of likely N-dealkylation sites (N-methyl/N-ethyl adjacent to an activating group) is 1. The quantitative estimate of drug-likeness (QED) is 0.856. The van der Waals surface area contributed by atoms with Gasteiger partial charge in [0.15, 0.2) is 0 Å². The molecule has 3 nitrogen and oxygen atoms in total. The van der Waals surface area contributed by atoms with Crippen molar-refractivity contribution in [3.63, 3.8) is 0 Å². The number of nitrogen functional groups attached to an aromatic ring is 1. The number of benzene rings is 1. The van der Waals surface area contributed by atoms with E-state index in [1.165, 1.54) is 19.3 Å². The fourth-order valence-corrected chi connectivity index (χ4v) is 2.54. The van der Waals surface area contributed by atoms with Crippen molar-refractivity contribution < 1.29 is 4.74 Å². The van der Waals surface area contributed by atoms with Gasteiger partial charge in [-0.3, -0.25) is 0 Å². The number of hydrogen-bond donors (Lipinski definition) is 1. The lowest BCUT2D eigenvalue weighted by Gasteiger charge is -2.32. The average Bonchev–Trinajstić information content (AvgIpc) is 2.34. The van der Waals surface area contributed by atoms with E-state index < -0.39 is 0 Å². The van der Waals surface area contributed by atoms with E-state index in [0.717, 1.165) is 24.5 Å². The topological polar surface area (TPSA) is 38.5 Å². The summed E-state index contributed by atoms with van der Waals surface area (Å²) in [7, 11) is 2.16. The highest BCUT2D eigenvalue weighted by Gasteiger charge is 2.19. The molecule has 0 aliphatic carbocycles. The lowest BCUT2D eigenvalue weighted by molar-refractivity contribution is 0.125. The number of anilines is 1. The standard InChI is InChI=1S/C14H21ClN2O/c1-10-7-13(16)12(15)8-14(10)18-9-11-5-3-4-6-17(11)2/h7-8,11H,3-6,9,16H2,1-2H3. The molecule has 1 aliphatic rings. The Labute approximate surface area is 114 Å². The van der Waals surface area contributed by atoms with Crippen LogP contribution in [0.4, 0.5) is 5.69 Å². The van der Waals surface area contributed by atoms with Crippen LogP contribution in [0.5, 0.6) is 5.75 Å². The van der Waals surface area contributed by atoms with E-state index in [-0.39, 0.29) is 0 Å². The molecular formula is C14H21ClN2O. The molecule has 100 valence electrons. The predicted molar refractivity (Wildman–Crippen MR) is 76.4 cm³/mol. The van der Waals surface area contributed by atoms with Crippen LogP contribution in [0, 0.1) is 6.92 Å². The fraction of sp³-hybridized carbons (Fsp3) is 0.571. The molecule has 1 aromatic rings. The first-order chi connectivity index (χ1) is 8.58. The predicted octanol–water partition coefficient (Wildman–Crippen LogP) is 3.09. The van der Waals surface area contributed by atoms with Crippen molar-refractivity contribution in [3.8, 4) is 5.75 Å². The second-order valence-electron chi connectivity index (χ2n) is 5.08. The van der Waals surface area contributed by atoms with E-state index >= 15 is 0 Å². The lowest BCUT2D eigenvalue weighted by Crippen LogP contribution is -2.40. The number of likely N-dealkylation sites (tertiary alicyclic amines) is 1. The van der Waals surface area contributed by atoms with Crippen molar-refractivity contribution in [2.75, 3.05) is 25.9 Å². The van der Waals surface area contributed by atoms with Gasteiger partial charge in [-0.1, -0.05) is 18.0 Å². The van der Waals surface area contributed by atoms with Crippen LogP contribution in [0.25, 0.3) is 0 Å². The van der Waals surface area contributed by atoms with Gasteiger partial charge in [0.1, 0.15) is 12.4 Å². The molecule has 18 heavy (non-hydrogen) atoms. The monoisotopic (exact) mass is 268 g/mol. The number of hydrogen-bond acceptors (Lipinski definition) is 3. The molecule has 0 amide bonds. The van der Waals surface area contributed by atoms with Gasteiger partial charge in [-0.15, -0.1) is 0 Å². The number of rotatable bonds is 3. The Morgan fingerprint density at radius 2 is 2.22 bits per heavy atom. The highest BCUT2D eigenvalue weighted by atomic mass is 35.5. The minimum Gasteiger partial charge on any atom is -0.492 e. The van der Waals surface area contributed by atoms with Crippen molar-refractivity contribution in [1.29, 1.82) is 0 Å². The third-order valence-electron chi connectivity index (χ3n) is 3.65. The van der Waals surface area contributed by atoms with Crippen LogP contribution >= 0.6 is 11.6 Å². The smallest absolute Gasteiger partial charge is 0.123 e. The van der Waals surface area contributed by atoms with Crippen LogP contribution in [-0.2, 0) is 0 Å². The molecule has 1 aliphatic heterocycles. The highest BCUT2D eigenvalue weighted by Crippen LogP contribution is 2.29. The van der Waals surface area contributed by atoms with Crippen LogP contribution in [0.15, 0.2) is 12.1 Å². The van der Waals surface area contributed by atoms with Gasteiger partial charge >= 0.3 is 0 Å². The molecule has 1 fully saturated rings. The first kappa shape index (κ1) is 13.5. The Bertz CT molecular complexity index is 423. The molecule has 0 bridgehead atoms. The zero-order valence-electron chi connectivity index (χ0n) is 11.1. The number of halogens is 1. The molecule has 0 saturated carbocycles. The Morgan fingerprint density at radius 3 is 2.94 bits per heavy atom. The number of piperidine rings is 1. The zero-order valence-corrected chi connectivity index (χ0v) is 11.8. The van der Waals surface area contributed by atoms with Gasteiger partial charge in [0, 0.05) is 12.1 Å². The third kappa shape index (κ3) is 3.09. The minimum atomic E-state index is 0.509. The summed E-state index contributed by atoms with van der Waals surface area (Å²) in [6.07, 6.45) is 3.79. The van der Waals surface area contributed by atoms with Gasteiger partial charge in [0.2, 0.25) is 0 Å². The van der Waals surface area contributed by atoms with Crippen molar-refractivity contribution in [1.82, 2.24) is 4.90 Å². The highest BCUT2D eigenvalue weighted by molar-refractivity contribution is 6.33. The summed E-state index contributed by atoms with van der Waals surface area (Å²) in [5.74, 6) is 0.841. The van der Waals surface area contributed by atoms with Crippen molar-refractivity contribution in [3.05, 3.63) is 22.7 Å². The van der Waals surface area contributed by atoms with Crippen LogP contribution in [-0.4, -0.2) is 31.1 Å². The van der Waals surface area contributed by atoms with Crippen molar-refractivity contribution in [2.45, 2.75) is 32.2 Å². The summed E-state index contributed by atoms with van der Waals surface area (Å²) in [5, 5.41) is 0.563. The van der Waals surface area contributed by atoms with E-state index in [9.17, 15) is 0 Å². The normalized spacial score (nSPS) is 20.9. The van der Waals surface area contributed by atoms with E-state index in [1.807, 2.05) is 19.1 Å². The van der Waals surface area contributed by atoms with E-state index in [4.69, 9.17) is 22.1 Å². The molecule has 1 aromatic carbocycles. The summed E-state index contributed by atoms with van der Waals surface area (Å²) in [4.78, 5) is 2.37. The molecule has 2 N–H and O–H groups in total. The van der Waals surface area contributed by atoms with E-state index in [1.54, 1.807) is 0 Å². The average molecular weight is 269 g/mol. The van der Waals surface area contributed by atoms with Gasteiger partial charge in [-0.05, 0) is 45.0 Å². The molecule has 0 spiro atoms. The Balaban J connectivity index is 1.99. The second-order valence-corrected chi connectivity index (χ2v) is 5.49. The lowest BCUT2D eigenvalue weighted by atomic mass is 10.0.